The third-order valence-corrected chi connectivity index (χ3v) is 4.30. The van der Waals surface area contributed by atoms with E-state index in [2.05, 4.69) is 23.6 Å². The van der Waals surface area contributed by atoms with Gasteiger partial charge < -0.3 is 10.5 Å². The van der Waals surface area contributed by atoms with Crippen LogP contribution in [0.2, 0.25) is 0 Å². The summed E-state index contributed by atoms with van der Waals surface area (Å²) in [5.74, 6) is 0.838. The Morgan fingerprint density at radius 1 is 1.00 bits per heavy atom. The molecule has 2 nitrogen and oxygen atoms in total. The number of methoxy groups -OCH3 is 1. The lowest BCUT2D eigenvalue weighted by Crippen LogP contribution is -2.12. The first-order chi connectivity index (χ1) is 9.31. The van der Waals surface area contributed by atoms with Crippen molar-refractivity contribution in [2.24, 2.45) is 5.73 Å². The van der Waals surface area contributed by atoms with Gasteiger partial charge in [-0.05, 0) is 28.5 Å². The van der Waals surface area contributed by atoms with Crippen LogP contribution < -0.4 is 10.5 Å². The molecule has 0 bridgehead atoms. The minimum atomic E-state index is -0.160. The van der Waals surface area contributed by atoms with Gasteiger partial charge in [-0.1, -0.05) is 36.4 Å². The summed E-state index contributed by atoms with van der Waals surface area (Å²) in [6.07, 6.45) is 0. The van der Waals surface area contributed by atoms with Gasteiger partial charge in [-0.25, -0.2) is 0 Å². The van der Waals surface area contributed by atoms with Crippen molar-refractivity contribution in [3.05, 3.63) is 65.0 Å². The predicted molar refractivity (Wildman–Crippen MR) is 80.8 cm³/mol. The van der Waals surface area contributed by atoms with Crippen LogP contribution in [0, 0.1) is 0 Å². The van der Waals surface area contributed by atoms with Crippen molar-refractivity contribution in [3.8, 4) is 5.75 Å². The molecule has 3 aromatic rings. The van der Waals surface area contributed by atoms with E-state index in [4.69, 9.17) is 10.5 Å². The van der Waals surface area contributed by atoms with E-state index in [0.29, 0.717) is 0 Å². The molecular formula is C16H15NOS. The van der Waals surface area contributed by atoms with Crippen molar-refractivity contribution in [3.63, 3.8) is 0 Å². The highest BCUT2D eigenvalue weighted by Crippen LogP contribution is 2.35. The van der Waals surface area contributed by atoms with Crippen LogP contribution in [0.4, 0.5) is 0 Å². The maximum Gasteiger partial charge on any atom is 0.123 e. The molecule has 0 aliphatic rings. The van der Waals surface area contributed by atoms with Gasteiger partial charge in [0.15, 0.2) is 0 Å². The van der Waals surface area contributed by atoms with Gasteiger partial charge in [0, 0.05) is 10.3 Å². The third kappa shape index (κ3) is 2.11. The van der Waals surface area contributed by atoms with Crippen molar-refractivity contribution >= 4 is 21.4 Å². The summed E-state index contributed by atoms with van der Waals surface area (Å²) in [5, 5.41) is 3.37. The summed E-state index contributed by atoms with van der Waals surface area (Å²) < 4.78 is 6.67. The maximum atomic E-state index is 6.43. The third-order valence-electron chi connectivity index (χ3n) is 3.32. The molecule has 0 aliphatic heterocycles. The number of fused-ring (bicyclic) bond motifs is 1. The fourth-order valence-electron chi connectivity index (χ4n) is 2.33. The molecule has 2 aromatic carbocycles. The quantitative estimate of drug-likeness (QED) is 0.781. The number of benzene rings is 2. The molecule has 1 unspecified atom stereocenters. The Labute approximate surface area is 116 Å². The Kier molecular flexibility index (Phi) is 3.23. The Bertz CT molecular complexity index is 705. The van der Waals surface area contributed by atoms with Crippen molar-refractivity contribution in [1.29, 1.82) is 0 Å². The first-order valence-electron chi connectivity index (χ1n) is 6.16. The Balaban J connectivity index is 2.11. The van der Waals surface area contributed by atoms with Gasteiger partial charge in [-0.15, -0.1) is 11.3 Å². The van der Waals surface area contributed by atoms with Crippen LogP contribution in [0.5, 0.6) is 5.75 Å². The Morgan fingerprint density at radius 2 is 1.74 bits per heavy atom. The molecule has 0 amide bonds. The zero-order valence-corrected chi connectivity index (χ0v) is 11.5. The molecule has 0 radical (unpaired) electrons. The van der Waals surface area contributed by atoms with E-state index in [1.54, 1.807) is 18.4 Å². The van der Waals surface area contributed by atoms with E-state index < -0.39 is 0 Å². The highest BCUT2D eigenvalue weighted by molar-refractivity contribution is 7.17. The van der Waals surface area contributed by atoms with Gasteiger partial charge in [0.1, 0.15) is 5.75 Å². The second-order valence-corrected chi connectivity index (χ2v) is 5.32. The molecule has 1 heterocycles. The van der Waals surface area contributed by atoms with Crippen LogP contribution in [0.3, 0.4) is 0 Å². The van der Waals surface area contributed by atoms with Gasteiger partial charge in [0.2, 0.25) is 0 Å². The molecule has 19 heavy (non-hydrogen) atoms. The van der Waals surface area contributed by atoms with Gasteiger partial charge in [-0.2, -0.15) is 0 Å². The molecule has 0 aliphatic carbocycles. The summed E-state index contributed by atoms with van der Waals surface area (Å²) in [6.45, 7) is 0. The van der Waals surface area contributed by atoms with Crippen molar-refractivity contribution in [2.75, 3.05) is 7.11 Å². The number of rotatable bonds is 3. The molecule has 1 atom stereocenters. The molecule has 0 fully saturated rings. The lowest BCUT2D eigenvalue weighted by Gasteiger charge is -2.15. The average molecular weight is 269 g/mol. The number of thiophene rings is 1. The fraction of sp³-hybridized carbons (Fsp3) is 0.125. The van der Waals surface area contributed by atoms with E-state index in [-0.39, 0.29) is 6.04 Å². The molecule has 3 heteroatoms. The molecule has 1 aromatic heterocycles. The summed E-state index contributed by atoms with van der Waals surface area (Å²) in [7, 11) is 1.68. The molecule has 2 N–H and O–H groups in total. The lowest BCUT2D eigenvalue weighted by molar-refractivity contribution is 0.408. The molecular weight excluding hydrogens is 254 g/mol. The second kappa shape index (κ2) is 5.03. The van der Waals surface area contributed by atoms with Crippen LogP contribution in [-0.2, 0) is 0 Å². The van der Waals surface area contributed by atoms with E-state index in [1.807, 2.05) is 30.3 Å². The number of hydrogen-bond donors (Lipinski definition) is 1. The van der Waals surface area contributed by atoms with Crippen LogP contribution in [0.25, 0.3) is 10.1 Å². The monoisotopic (exact) mass is 269 g/mol. The van der Waals surface area contributed by atoms with Gasteiger partial charge in [0.05, 0.1) is 13.2 Å². The minimum Gasteiger partial charge on any atom is -0.496 e. The highest BCUT2D eigenvalue weighted by Gasteiger charge is 2.16. The normalized spacial score (nSPS) is 12.5. The standard InChI is InChI=1S/C16H15NOS/c1-18-14-8-4-2-7-12(14)16(17)13-10-19-15-9-5-3-6-11(13)15/h2-10,16H,17H2,1H3. The van der Waals surface area contributed by atoms with Crippen LogP contribution in [-0.4, -0.2) is 7.11 Å². The fourth-order valence-corrected chi connectivity index (χ4v) is 3.33. The molecule has 0 spiro atoms. The summed E-state index contributed by atoms with van der Waals surface area (Å²) in [6, 6.07) is 16.1. The minimum absolute atomic E-state index is 0.160. The van der Waals surface area contributed by atoms with E-state index >= 15 is 0 Å². The zero-order chi connectivity index (χ0) is 13.2. The number of nitrogens with two attached hydrogens (primary N) is 1. The summed E-state index contributed by atoms with van der Waals surface area (Å²) in [5.41, 5.74) is 8.61. The predicted octanol–water partition coefficient (Wildman–Crippen LogP) is 3.96. The summed E-state index contributed by atoms with van der Waals surface area (Å²) in [4.78, 5) is 0. The van der Waals surface area contributed by atoms with Gasteiger partial charge in [-0.3, -0.25) is 0 Å². The zero-order valence-electron chi connectivity index (χ0n) is 10.7. The molecule has 3 rings (SSSR count). The van der Waals surface area contributed by atoms with Gasteiger partial charge in [0.25, 0.3) is 0 Å². The average Bonchev–Trinajstić information content (AvgIpc) is 2.90. The largest absolute Gasteiger partial charge is 0.496 e. The Morgan fingerprint density at radius 3 is 2.58 bits per heavy atom. The Hall–Kier alpha value is -1.84. The second-order valence-electron chi connectivity index (χ2n) is 4.41. The van der Waals surface area contributed by atoms with Gasteiger partial charge >= 0.3 is 0 Å². The maximum absolute atomic E-state index is 6.43. The van der Waals surface area contributed by atoms with Crippen LogP contribution in [0.1, 0.15) is 17.2 Å². The smallest absolute Gasteiger partial charge is 0.123 e. The number of ether oxygens (including phenoxy) is 1. The first-order valence-corrected chi connectivity index (χ1v) is 7.04. The van der Waals surface area contributed by atoms with Crippen LogP contribution in [0.15, 0.2) is 53.9 Å². The number of hydrogen-bond acceptors (Lipinski definition) is 3. The van der Waals surface area contributed by atoms with Crippen molar-refractivity contribution in [2.45, 2.75) is 6.04 Å². The summed E-state index contributed by atoms with van der Waals surface area (Å²) >= 11 is 1.73. The van der Waals surface area contributed by atoms with Crippen LogP contribution >= 0.6 is 11.3 Å². The molecule has 96 valence electrons. The molecule has 0 saturated carbocycles. The number of para-hydroxylation sites is 1. The van der Waals surface area contributed by atoms with E-state index in [0.717, 1.165) is 16.9 Å². The van der Waals surface area contributed by atoms with E-state index in [1.165, 1.54) is 10.1 Å². The molecule has 0 saturated heterocycles. The van der Waals surface area contributed by atoms with Crippen molar-refractivity contribution < 1.29 is 4.74 Å². The highest BCUT2D eigenvalue weighted by atomic mass is 32.1. The topological polar surface area (TPSA) is 35.2 Å². The first kappa shape index (κ1) is 12.2. The SMILES string of the molecule is COc1ccccc1C(N)c1csc2ccccc12. The lowest BCUT2D eigenvalue weighted by atomic mass is 9.98. The van der Waals surface area contributed by atoms with E-state index in [9.17, 15) is 0 Å². The van der Waals surface area contributed by atoms with Crippen molar-refractivity contribution in [1.82, 2.24) is 0 Å².